The van der Waals surface area contributed by atoms with Gasteiger partial charge in [0.1, 0.15) is 42.4 Å². The molecular formula is C56H57F2N3O7. The van der Waals surface area contributed by atoms with E-state index < -0.39 is 23.6 Å². The Morgan fingerprint density at radius 2 is 1.62 bits per heavy atom. The molecule has 1 aliphatic heterocycles. The van der Waals surface area contributed by atoms with Crippen molar-refractivity contribution in [3.05, 3.63) is 191 Å². The maximum absolute atomic E-state index is 15.4. The number of nitrogens with zero attached hydrogens (tertiary/aromatic N) is 3. The quantitative estimate of drug-likeness (QED) is 0.0422. The van der Waals surface area contributed by atoms with Gasteiger partial charge in [-0.25, -0.2) is 8.78 Å². The molecule has 2 N–H and O–H groups in total. The minimum atomic E-state index is -1.58. The molecule has 1 amide bonds. The Bertz CT molecular complexity index is 2620. The minimum Gasteiger partial charge on any atom is -0.489 e. The van der Waals surface area contributed by atoms with Gasteiger partial charge in [-0.2, -0.15) is 5.26 Å². The number of rotatable bonds is 21. The van der Waals surface area contributed by atoms with Crippen LogP contribution in [-0.2, 0) is 29.3 Å². The zero-order chi connectivity index (χ0) is 47.5. The second-order valence-electron chi connectivity index (χ2n) is 17.7. The molecule has 0 aromatic heterocycles. The van der Waals surface area contributed by atoms with Crippen molar-refractivity contribution in [2.24, 2.45) is 22.9 Å². The summed E-state index contributed by atoms with van der Waals surface area (Å²) >= 11 is 0. The van der Waals surface area contributed by atoms with E-state index in [-0.39, 0.29) is 75.5 Å². The van der Waals surface area contributed by atoms with Crippen LogP contribution in [0.25, 0.3) is 0 Å². The van der Waals surface area contributed by atoms with E-state index >= 15 is 4.79 Å². The van der Waals surface area contributed by atoms with Crippen LogP contribution >= 0.6 is 0 Å². The van der Waals surface area contributed by atoms with Crippen LogP contribution in [0.1, 0.15) is 89.0 Å². The number of benzene rings is 5. The molecule has 352 valence electrons. The fourth-order valence-corrected chi connectivity index (χ4v) is 10.2. The molecule has 10 nitrogen and oxygen atoms in total. The Labute approximate surface area is 396 Å². The van der Waals surface area contributed by atoms with Gasteiger partial charge in [-0.15, -0.1) is 6.58 Å². The fourth-order valence-electron chi connectivity index (χ4n) is 10.2. The van der Waals surface area contributed by atoms with Crippen molar-refractivity contribution in [1.82, 2.24) is 4.90 Å². The summed E-state index contributed by atoms with van der Waals surface area (Å²) in [5, 5.41) is 34.6. The van der Waals surface area contributed by atoms with Gasteiger partial charge in [0.2, 0.25) is 5.79 Å². The van der Waals surface area contributed by atoms with E-state index in [1.807, 2.05) is 42.5 Å². The molecule has 5 aromatic rings. The van der Waals surface area contributed by atoms with Crippen LogP contribution in [0.2, 0.25) is 0 Å². The number of unbranched alkanes of at least 4 members (excludes halogenated alkanes) is 2. The number of aliphatic hydroxyl groups excluding tert-OH is 2. The first-order valence-electron chi connectivity index (χ1n) is 23.4. The van der Waals surface area contributed by atoms with Crippen LogP contribution in [-0.4, -0.2) is 58.4 Å². The molecule has 0 saturated heterocycles. The van der Waals surface area contributed by atoms with Crippen molar-refractivity contribution >= 4 is 11.6 Å². The Kier molecular flexibility index (Phi) is 15.8. The van der Waals surface area contributed by atoms with Crippen LogP contribution in [0.15, 0.2) is 151 Å². The average Bonchev–Trinajstić information content (AvgIpc) is 3.36. The van der Waals surface area contributed by atoms with Crippen LogP contribution in [0.3, 0.4) is 0 Å². The van der Waals surface area contributed by atoms with Gasteiger partial charge in [0, 0.05) is 48.8 Å². The molecule has 1 heterocycles. The smallest absolute Gasteiger partial charge is 0.254 e. The van der Waals surface area contributed by atoms with Gasteiger partial charge in [-0.1, -0.05) is 90.8 Å². The van der Waals surface area contributed by atoms with Crippen molar-refractivity contribution in [3.63, 3.8) is 0 Å². The number of carbonyl (C=O) groups is 1. The second-order valence-corrected chi connectivity index (χ2v) is 17.7. The summed E-state index contributed by atoms with van der Waals surface area (Å²) in [5.41, 5.74) is 5.01. The van der Waals surface area contributed by atoms with Crippen molar-refractivity contribution in [3.8, 4) is 17.6 Å². The number of amides is 1. The summed E-state index contributed by atoms with van der Waals surface area (Å²) in [5.74, 6) is -2.76. The summed E-state index contributed by atoms with van der Waals surface area (Å²) < 4.78 is 50.2. The normalized spacial score (nSPS) is 21.9. The lowest BCUT2D eigenvalue weighted by Gasteiger charge is -2.60. The topological polar surface area (TPSA) is 134 Å². The molecule has 6 unspecified atom stereocenters. The van der Waals surface area contributed by atoms with Crippen molar-refractivity contribution in [1.29, 1.82) is 5.26 Å². The number of hydrogen-bond donors (Lipinski definition) is 2. The number of carbonyl (C=O) groups excluding carboxylic acids is 1. The molecular weight excluding hydrogens is 865 g/mol. The first-order chi connectivity index (χ1) is 33.3. The van der Waals surface area contributed by atoms with Crippen molar-refractivity contribution in [2.75, 3.05) is 19.8 Å². The van der Waals surface area contributed by atoms with Gasteiger partial charge in [0.05, 0.1) is 29.9 Å². The van der Waals surface area contributed by atoms with E-state index in [0.717, 1.165) is 42.4 Å². The highest BCUT2D eigenvalue weighted by atomic mass is 19.1. The second kappa shape index (κ2) is 22.4. The SMILES string of the molecule is C=CCOC12Oc3ccc(OCc4ccccc4F)cc3C3C(CCCCO)C(CCCCO)C=C(C(=NOCc4ccccc4)CC1N(Cc1ccc(F)cc1)C(=O)c1ccc(C#N)cc1)C32. The molecule has 0 spiro atoms. The van der Waals surface area contributed by atoms with Crippen LogP contribution in [0, 0.1) is 40.7 Å². The van der Waals surface area contributed by atoms with Gasteiger partial charge in [-0.05, 0) is 115 Å². The maximum Gasteiger partial charge on any atom is 0.254 e. The lowest BCUT2D eigenvalue weighted by molar-refractivity contribution is -0.255. The summed E-state index contributed by atoms with van der Waals surface area (Å²) in [4.78, 5) is 23.3. The lowest BCUT2D eigenvalue weighted by atomic mass is 9.55. The molecule has 68 heavy (non-hydrogen) atoms. The molecule has 8 rings (SSSR count). The molecule has 0 radical (unpaired) electrons. The van der Waals surface area contributed by atoms with Gasteiger partial charge in [0.15, 0.2) is 0 Å². The highest BCUT2D eigenvalue weighted by Crippen LogP contribution is 2.62. The number of nitriles is 1. The van der Waals surface area contributed by atoms with E-state index in [2.05, 4.69) is 18.7 Å². The molecule has 2 aliphatic carbocycles. The average molecular weight is 922 g/mol. The molecule has 12 heteroatoms. The molecule has 1 fully saturated rings. The monoisotopic (exact) mass is 921 g/mol. The van der Waals surface area contributed by atoms with Gasteiger partial charge >= 0.3 is 0 Å². The highest BCUT2D eigenvalue weighted by Gasteiger charge is 2.65. The molecule has 1 saturated carbocycles. The standard InChI is InChI=1S/C56H57F2N3O7/c1-2-30-66-56-52(61(35-39-20-24-44(57)25-21-39)55(64)41-22-18-38(34-59)19-23-41)33-50(60-67-36-40-12-4-3-5-13-40)47-31-42(14-8-10-28-62)46(16-9-11-29-63)53(54(47)56)48-32-45(26-27-51(48)68-56)65-37-43-15-6-7-17-49(43)58/h2-7,12-13,15,17-27,31-32,42,46,52-54,62-63H,1,8-11,14,16,28-30,33,35-37H2. The summed E-state index contributed by atoms with van der Waals surface area (Å²) in [7, 11) is 0. The third kappa shape index (κ3) is 10.6. The largest absolute Gasteiger partial charge is 0.489 e. The molecule has 3 aliphatic rings. The number of fused-ring (bicyclic) bond motifs is 2. The predicted molar refractivity (Wildman–Crippen MR) is 254 cm³/mol. The van der Waals surface area contributed by atoms with E-state index in [4.69, 9.17) is 24.2 Å². The summed E-state index contributed by atoms with van der Waals surface area (Å²) in [6.45, 7) is 4.38. The van der Waals surface area contributed by atoms with Crippen LogP contribution in [0.4, 0.5) is 8.78 Å². The fraction of sp³-hybridized carbons (Fsp3) is 0.339. The summed E-state index contributed by atoms with van der Waals surface area (Å²) in [6, 6.07) is 35.5. The zero-order valence-electron chi connectivity index (χ0n) is 38.0. The first-order valence-corrected chi connectivity index (χ1v) is 23.4. The first kappa shape index (κ1) is 47.8. The lowest BCUT2D eigenvalue weighted by Crippen LogP contribution is -2.70. The van der Waals surface area contributed by atoms with E-state index in [1.54, 1.807) is 71.6 Å². The van der Waals surface area contributed by atoms with Gasteiger partial charge < -0.3 is 34.2 Å². The van der Waals surface area contributed by atoms with E-state index in [1.165, 1.54) is 18.2 Å². The maximum atomic E-state index is 15.4. The van der Waals surface area contributed by atoms with Gasteiger partial charge in [-0.3, -0.25) is 4.79 Å². The van der Waals surface area contributed by atoms with Crippen molar-refractivity contribution in [2.45, 2.75) is 82.5 Å². The minimum absolute atomic E-state index is 0.00486. The van der Waals surface area contributed by atoms with Crippen molar-refractivity contribution < 1.29 is 42.8 Å². The number of aliphatic hydroxyl groups is 2. The predicted octanol–water partition coefficient (Wildman–Crippen LogP) is 10.6. The Morgan fingerprint density at radius 3 is 2.34 bits per heavy atom. The number of halogens is 2. The van der Waals surface area contributed by atoms with E-state index in [9.17, 15) is 24.3 Å². The number of allylic oxidation sites excluding steroid dienone is 1. The number of ether oxygens (including phenoxy) is 3. The van der Waals surface area contributed by atoms with E-state index in [0.29, 0.717) is 52.3 Å². The van der Waals surface area contributed by atoms with Crippen LogP contribution < -0.4 is 9.47 Å². The molecule has 6 atom stereocenters. The Hall–Kier alpha value is -6.65. The third-order valence-electron chi connectivity index (χ3n) is 13.4. The zero-order valence-corrected chi connectivity index (χ0v) is 38.0. The highest BCUT2D eigenvalue weighted by molar-refractivity contribution is 6.03. The number of oxime groups is 1. The Morgan fingerprint density at radius 1 is 0.882 bits per heavy atom. The summed E-state index contributed by atoms with van der Waals surface area (Å²) in [6.07, 6.45) is 8.23. The van der Waals surface area contributed by atoms with Gasteiger partial charge in [0.25, 0.3) is 5.91 Å². The third-order valence-corrected chi connectivity index (χ3v) is 13.4. The Balaban J connectivity index is 1.35. The number of hydrogen-bond acceptors (Lipinski definition) is 9. The van der Waals surface area contributed by atoms with Crippen LogP contribution in [0.5, 0.6) is 11.5 Å². The molecule has 0 bridgehead atoms. The molecule has 5 aromatic carbocycles.